The summed E-state index contributed by atoms with van der Waals surface area (Å²) in [6.07, 6.45) is 0. The van der Waals surface area contributed by atoms with E-state index in [2.05, 4.69) is 5.32 Å². The number of nitrogens with one attached hydrogen (secondary N) is 1. The first-order valence-corrected chi connectivity index (χ1v) is 5.94. The van der Waals surface area contributed by atoms with Crippen LogP contribution in [0.25, 0.3) is 0 Å². The van der Waals surface area contributed by atoms with Crippen molar-refractivity contribution in [2.24, 2.45) is 0 Å². The van der Waals surface area contributed by atoms with E-state index >= 15 is 0 Å². The van der Waals surface area contributed by atoms with Crippen LogP contribution in [0, 0.1) is 0 Å². The monoisotopic (exact) mass is 329 g/mol. The van der Waals surface area contributed by atoms with E-state index in [1.54, 1.807) is 36.4 Å². The number of phenolic OH excluding ortho intramolecular Hbond substituents is 1. The second-order valence-electron chi connectivity index (χ2n) is 4.11. The van der Waals surface area contributed by atoms with Crippen molar-refractivity contribution in [1.82, 2.24) is 0 Å². The van der Waals surface area contributed by atoms with Gasteiger partial charge >= 0.3 is 5.97 Å². The Hall–Kier alpha value is -2.33. The summed E-state index contributed by atoms with van der Waals surface area (Å²) in [4.78, 5) is 22.7. The number of hydrogen-bond donors (Lipinski definition) is 2. The molecule has 2 N–H and O–H groups in total. The molecule has 112 valence electrons. The summed E-state index contributed by atoms with van der Waals surface area (Å²) in [6, 6.07) is 12.5. The summed E-state index contributed by atoms with van der Waals surface area (Å²) in [5, 5.41) is 12.2. The maximum atomic E-state index is 11.8. The maximum Gasteiger partial charge on any atom is 0.347 e. The van der Waals surface area contributed by atoms with Gasteiger partial charge in [-0.15, -0.1) is 0 Å². The molecule has 0 aliphatic heterocycles. The summed E-state index contributed by atoms with van der Waals surface area (Å²) >= 11 is 0. The van der Waals surface area contributed by atoms with E-state index in [0.717, 1.165) is 0 Å². The second kappa shape index (κ2) is 7.45. The minimum Gasteiger partial charge on any atom is -0.507 e. The van der Waals surface area contributed by atoms with Crippen LogP contribution in [0.1, 0.15) is 17.3 Å². The number of anilines is 1. The van der Waals surface area contributed by atoms with Gasteiger partial charge in [-0.05, 0) is 36.4 Å². The van der Waals surface area contributed by atoms with E-state index in [-0.39, 0.29) is 33.7 Å². The SMILES string of the molecule is CC(=O)Nc1ccc(OC(=O)c2ccccc2O)cc1.[Ni]. The number of benzene rings is 2. The normalized spacial score (nSPS) is 9.38. The second-order valence-corrected chi connectivity index (χ2v) is 4.11. The van der Waals surface area contributed by atoms with Crippen LogP contribution in [0.5, 0.6) is 11.5 Å². The van der Waals surface area contributed by atoms with Crippen molar-refractivity contribution < 1.29 is 35.9 Å². The van der Waals surface area contributed by atoms with Crippen molar-refractivity contribution in [1.29, 1.82) is 0 Å². The standard InChI is InChI=1S/C15H13NO4.Ni/c1-10(17)16-11-6-8-12(9-7-11)20-15(19)13-4-2-3-5-14(13)18;/h2-9,18H,1H3,(H,16,17);. The number of carbonyl (C=O) groups excluding carboxylic acids is 2. The average molecular weight is 330 g/mol. The first-order valence-electron chi connectivity index (χ1n) is 5.94. The summed E-state index contributed by atoms with van der Waals surface area (Å²) in [6.45, 7) is 1.41. The fourth-order valence-electron chi connectivity index (χ4n) is 1.62. The van der Waals surface area contributed by atoms with Crippen LogP contribution in [-0.4, -0.2) is 17.0 Å². The van der Waals surface area contributed by atoms with Gasteiger partial charge in [-0.2, -0.15) is 0 Å². The number of esters is 1. The number of ether oxygens (including phenoxy) is 1. The molecule has 0 fully saturated rings. The average Bonchev–Trinajstić information content (AvgIpc) is 2.41. The number of amides is 1. The summed E-state index contributed by atoms with van der Waals surface area (Å²) in [7, 11) is 0. The Labute approximate surface area is 131 Å². The molecule has 0 atom stereocenters. The predicted molar refractivity (Wildman–Crippen MR) is 73.8 cm³/mol. The summed E-state index contributed by atoms with van der Waals surface area (Å²) in [5.74, 6) is -0.626. The van der Waals surface area contributed by atoms with Crippen molar-refractivity contribution in [3.63, 3.8) is 0 Å². The fraction of sp³-hybridized carbons (Fsp3) is 0.0667. The smallest absolute Gasteiger partial charge is 0.347 e. The van der Waals surface area contributed by atoms with Crippen LogP contribution in [0.4, 0.5) is 5.69 Å². The van der Waals surface area contributed by atoms with Crippen LogP contribution in [0.3, 0.4) is 0 Å². The van der Waals surface area contributed by atoms with Gasteiger partial charge in [0.25, 0.3) is 0 Å². The third-order valence-corrected chi connectivity index (χ3v) is 2.51. The summed E-state index contributed by atoms with van der Waals surface area (Å²) < 4.78 is 5.13. The molecule has 0 bridgehead atoms. The molecule has 0 aliphatic rings. The number of aromatic hydroxyl groups is 1. The molecule has 1 amide bonds. The van der Waals surface area contributed by atoms with Crippen LogP contribution in [0.15, 0.2) is 48.5 Å². The zero-order chi connectivity index (χ0) is 14.5. The van der Waals surface area contributed by atoms with Gasteiger partial charge in [0.05, 0.1) is 0 Å². The Balaban J connectivity index is 0.00000220. The van der Waals surface area contributed by atoms with E-state index in [1.807, 2.05) is 0 Å². The number of hydrogen-bond acceptors (Lipinski definition) is 4. The molecule has 2 aromatic carbocycles. The molecule has 21 heavy (non-hydrogen) atoms. The minimum atomic E-state index is -0.643. The van der Waals surface area contributed by atoms with Crippen LogP contribution >= 0.6 is 0 Å². The zero-order valence-corrected chi connectivity index (χ0v) is 12.1. The molecule has 2 rings (SSSR count). The van der Waals surface area contributed by atoms with Gasteiger partial charge in [0.15, 0.2) is 0 Å². The van der Waals surface area contributed by atoms with Crippen molar-refractivity contribution in [3.05, 3.63) is 54.1 Å². The fourth-order valence-corrected chi connectivity index (χ4v) is 1.62. The van der Waals surface area contributed by atoms with E-state index in [0.29, 0.717) is 11.4 Å². The van der Waals surface area contributed by atoms with Crippen molar-refractivity contribution in [2.75, 3.05) is 5.32 Å². The molecule has 0 heterocycles. The third-order valence-electron chi connectivity index (χ3n) is 2.51. The molecule has 0 spiro atoms. The van der Waals surface area contributed by atoms with Gasteiger partial charge in [-0.25, -0.2) is 4.79 Å². The first kappa shape index (κ1) is 16.7. The molecule has 5 nitrogen and oxygen atoms in total. The van der Waals surface area contributed by atoms with Crippen LogP contribution in [0.2, 0.25) is 0 Å². The molecule has 0 saturated carbocycles. The van der Waals surface area contributed by atoms with Gasteiger partial charge in [-0.1, -0.05) is 12.1 Å². The van der Waals surface area contributed by atoms with E-state index < -0.39 is 5.97 Å². The van der Waals surface area contributed by atoms with Crippen LogP contribution in [-0.2, 0) is 21.3 Å². The minimum absolute atomic E-state index is 0. The predicted octanol–water partition coefficient (Wildman–Crippen LogP) is 2.57. The Morgan fingerprint density at radius 3 is 2.24 bits per heavy atom. The molecule has 6 heteroatoms. The number of para-hydroxylation sites is 1. The van der Waals surface area contributed by atoms with Gasteiger partial charge in [0.2, 0.25) is 5.91 Å². The van der Waals surface area contributed by atoms with Crippen LogP contribution < -0.4 is 10.1 Å². The Kier molecular flexibility index (Phi) is 5.94. The molecule has 0 saturated heterocycles. The molecular weight excluding hydrogens is 317 g/mol. The van der Waals surface area contributed by atoms with Crippen molar-refractivity contribution in [2.45, 2.75) is 6.92 Å². The quantitative estimate of drug-likeness (QED) is 0.515. The Morgan fingerprint density at radius 2 is 1.67 bits per heavy atom. The van der Waals surface area contributed by atoms with Gasteiger partial charge in [0.1, 0.15) is 17.1 Å². The molecular formula is C15H13NNiO4. The number of phenols is 1. The van der Waals surface area contributed by atoms with E-state index in [1.165, 1.54) is 19.1 Å². The van der Waals surface area contributed by atoms with Crippen molar-refractivity contribution >= 4 is 17.6 Å². The molecule has 0 aliphatic carbocycles. The number of carbonyl (C=O) groups is 2. The van der Waals surface area contributed by atoms with Gasteiger partial charge in [0, 0.05) is 29.1 Å². The summed E-state index contributed by atoms with van der Waals surface area (Å²) in [5.41, 5.74) is 0.707. The largest absolute Gasteiger partial charge is 0.507 e. The number of rotatable bonds is 3. The zero-order valence-electron chi connectivity index (χ0n) is 11.1. The van der Waals surface area contributed by atoms with E-state index in [9.17, 15) is 14.7 Å². The van der Waals surface area contributed by atoms with Gasteiger partial charge < -0.3 is 15.2 Å². The molecule has 0 aromatic heterocycles. The van der Waals surface area contributed by atoms with Gasteiger partial charge in [-0.3, -0.25) is 4.79 Å². The van der Waals surface area contributed by atoms with E-state index in [4.69, 9.17) is 4.74 Å². The molecule has 0 unspecified atom stereocenters. The third kappa shape index (κ3) is 4.61. The molecule has 2 aromatic rings. The Bertz CT molecular complexity index is 640. The molecule has 0 radical (unpaired) electrons. The first-order chi connectivity index (χ1) is 9.56. The topological polar surface area (TPSA) is 75.6 Å². The Morgan fingerprint density at radius 1 is 1.05 bits per heavy atom. The van der Waals surface area contributed by atoms with Crippen molar-refractivity contribution in [3.8, 4) is 11.5 Å². The maximum absolute atomic E-state index is 11.8.